The molecule has 6 nitrogen and oxygen atoms in total. The molecule has 1 aromatic rings. The van der Waals surface area contributed by atoms with Crippen molar-refractivity contribution in [3.8, 4) is 0 Å². The lowest BCUT2D eigenvalue weighted by Crippen LogP contribution is -2.43. The standard InChI is InChI=1S/C12H15FN2O4/c1-7-2-3-8(13)6-10(7)15-12(19)14-9(4-5-16)11(17)18/h2-3,6,9,16H,4-5H2,1H3,(H,17,18)(H2,14,15,19). The van der Waals surface area contributed by atoms with Crippen molar-refractivity contribution >= 4 is 17.7 Å². The third-order valence-electron chi connectivity index (χ3n) is 2.47. The van der Waals surface area contributed by atoms with Crippen LogP contribution in [0.5, 0.6) is 0 Å². The van der Waals surface area contributed by atoms with Crippen molar-refractivity contribution in [3.63, 3.8) is 0 Å². The Morgan fingerprint density at radius 1 is 1.42 bits per heavy atom. The number of hydrogen-bond donors (Lipinski definition) is 4. The van der Waals surface area contributed by atoms with E-state index in [9.17, 15) is 14.0 Å². The van der Waals surface area contributed by atoms with Crippen molar-refractivity contribution in [1.29, 1.82) is 0 Å². The Labute approximate surface area is 109 Å². The first-order valence-electron chi connectivity index (χ1n) is 5.61. The summed E-state index contributed by atoms with van der Waals surface area (Å²) in [5, 5.41) is 22.0. The molecule has 4 N–H and O–H groups in total. The lowest BCUT2D eigenvalue weighted by Gasteiger charge is -2.15. The van der Waals surface area contributed by atoms with Gasteiger partial charge in [-0.1, -0.05) is 6.07 Å². The lowest BCUT2D eigenvalue weighted by molar-refractivity contribution is -0.139. The van der Waals surface area contributed by atoms with Crippen LogP contribution in [0.2, 0.25) is 0 Å². The Bertz CT molecular complexity index is 479. The van der Waals surface area contributed by atoms with E-state index in [1.807, 2.05) is 0 Å². The first kappa shape index (κ1) is 14.9. The number of aliphatic hydroxyl groups is 1. The Hall–Kier alpha value is -2.15. The summed E-state index contributed by atoms with van der Waals surface area (Å²) in [5.41, 5.74) is 0.899. The Kier molecular flexibility index (Phi) is 5.25. The van der Waals surface area contributed by atoms with Crippen LogP contribution in [-0.2, 0) is 4.79 Å². The van der Waals surface area contributed by atoms with Crippen molar-refractivity contribution in [1.82, 2.24) is 5.32 Å². The Morgan fingerprint density at radius 3 is 2.68 bits per heavy atom. The second kappa shape index (κ2) is 6.69. The van der Waals surface area contributed by atoms with E-state index in [4.69, 9.17) is 10.2 Å². The minimum atomic E-state index is -1.25. The quantitative estimate of drug-likeness (QED) is 0.643. The number of carbonyl (C=O) groups is 2. The molecule has 7 heteroatoms. The zero-order valence-electron chi connectivity index (χ0n) is 10.3. The van der Waals surface area contributed by atoms with Crippen LogP contribution in [0.3, 0.4) is 0 Å². The highest BCUT2D eigenvalue weighted by molar-refractivity contribution is 5.92. The number of carboxylic acid groups (broad SMARTS) is 1. The highest BCUT2D eigenvalue weighted by Gasteiger charge is 2.19. The van der Waals surface area contributed by atoms with Crippen molar-refractivity contribution < 1.29 is 24.2 Å². The number of carboxylic acids is 1. The predicted molar refractivity (Wildman–Crippen MR) is 66.4 cm³/mol. The van der Waals surface area contributed by atoms with Gasteiger partial charge in [0, 0.05) is 18.7 Å². The van der Waals surface area contributed by atoms with Gasteiger partial charge in [0.1, 0.15) is 11.9 Å². The minimum absolute atomic E-state index is 0.106. The van der Waals surface area contributed by atoms with Crippen LogP contribution < -0.4 is 10.6 Å². The second-order valence-electron chi connectivity index (χ2n) is 3.96. The van der Waals surface area contributed by atoms with Gasteiger partial charge in [-0.15, -0.1) is 0 Å². The van der Waals surface area contributed by atoms with Crippen LogP contribution in [0.25, 0.3) is 0 Å². The molecule has 0 spiro atoms. The molecular weight excluding hydrogens is 255 g/mol. The van der Waals surface area contributed by atoms with E-state index in [0.29, 0.717) is 5.56 Å². The van der Waals surface area contributed by atoms with E-state index in [0.717, 1.165) is 6.07 Å². The van der Waals surface area contributed by atoms with Gasteiger partial charge in [-0.25, -0.2) is 14.0 Å². The van der Waals surface area contributed by atoms with Gasteiger partial charge < -0.3 is 20.8 Å². The molecular formula is C12H15FN2O4. The topological polar surface area (TPSA) is 98.7 Å². The third kappa shape index (κ3) is 4.55. The molecule has 0 aliphatic heterocycles. The maximum Gasteiger partial charge on any atom is 0.326 e. The number of hydrogen-bond acceptors (Lipinski definition) is 3. The number of aliphatic hydroxyl groups excluding tert-OH is 1. The van der Waals surface area contributed by atoms with Gasteiger partial charge in [0.05, 0.1) is 0 Å². The first-order valence-corrected chi connectivity index (χ1v) is 5.61. The van der Waals surface area contributed by atoms with E-state index >= 15 is 0 Å². The highest BCUT2D eigenvalue weighted by atomic mass is 19.1. The van der Waals surface area contributed by atoms with Gasteiger partial charge in [0.2, 0.25) is 0 Å². The van der Waals surface area contributed by atoms with Gasteiger partial charge in [0.25, 0.3) is 0 Å². The fraction of sp³-hybridized carbons (Fsp3) is 0.333. The van der Waals surface area contributed by atoms with Crippen molar-refractivity contribution in [2.75, 3.05) is 11.9 Å². The molecule has 0 aliphatic rings. The summed E-state index contributed by atoms with van der Waals surface area (Å²) in [6.45, 7) is 1.31. The van der Waals surface area contributed by atoms with Gasteiger partial charge in [0.15, 0.2) is 0 Å². The molecule has 0 saturated heterocycles. The van der Waals surface area contributed by atoms with Crippen LogP contribution in [0.1, 0.15) is 12.0 Å². The molecule has 1 rings (SSSR count). The van der Waals surface area contributed by atoms with Crippen molar-refractivity contribution in [2.24, 2.45) is 0 Å². The molecule has 104 valence electrons. The average molecular weight is 270 g/mol. The molecule has 0 saturated carbocycles. The number of benzene rings is 1. The first-order chi connectivity index (χ1) is 8.93. The second-order valence-corrected chi connectivity index (χ2v) is 3.96. The number of nitrogens with one attached hydrogen (secondary N) is 2. The molecule has 0 bridgehead atoms. The van der Waals surface area contributed by atoms with Gasteiger partial charge >= 0.3 is 12.0 Å². The number of anilines is 1. The number of aliphatic carboxylic acids is 1. The Balaban J connectivity index is 2.68. The van der Waals surface area contributed by atoms with Gasteiger partial charge in [-0.2, -0.15) is 0 Å². The van der Waals surface area contributed by atoms with Crippen molar-refractivity contribution in [2.45, 2.75) is 19.4 Å². The number of aryl methyl sites for hydroxylation is 1. The monoisotopic (exact) mass is 270 g/mol. The maximum absolute atomic E-state index is 13.0. The number of urea groups is 1. The molecule has 1 unspecified atom stereocenters. The van der Waals surface area contributed by atoms with Crippen LogP contribution in [0, 0.1) is 12.7 Å². The zero-order valence-corrected chi connectivity index (χ0v) is 10.3. The van der Waals surface area contributed by atoms with Gasteiger partial charge in [-0.05, 0) is 24.6 Å². The number of halogens is 1. The Morgan fingerprint density at radius 2 is 2.11 bits per heavy atom. The third-order valence-corrected chi connectivity index (χ3v) is 2.47. The average Bonchev–Trinajstić information content (AvgIpc) is 2.33. The summed E-state index contributed by atoms with van der Waals surface area (Å²) in [6.07, 6.45) is -0.106. The predicted octanol–water partition coefficient (Wildman–Crippen LogP) is 1.09. The van der Waals surface area contributed by atoms with Crippen LogP contribution in [0.4, 0.5) is 14.9 Å². The summed E-state index contributed by atoms with van der Waals surface area (Å²) < 4.78 is 13.0. The van der Waals surface area contributed by atoms with E-state index in [-0.39, 0.29) is 18.7 Å². The number of rotatable bonds is 5. The SMILES string of the molecule is Cc1ccc(F)cc1NC(=O)NC(CCO)C(=O)O. The summed E-state index contributed by atoms with van der Waals surface area (Å²) in [7, 11) is 0. The fourth-order valence-electron chi connectivity index (χ4n) is 1.43. The van der Waals surface area contributed by atoms with E-state index in [1.54, 1.807) is 6.92 Å². The number of amides is 2. The molecule has 0 aromatic heterocycles. The minimum Gasteiger partial charge on any atom is -0.480 e. The summed E-state index contributed by atoms with van der Waals surface area (Å²) in [5.74, 6) is -1.76. The molecule has 0 aliphatic carbocycles. The molecule has 1 aromatic carbocycles. The fourth-order valence-corrected chi connectivity index (χ4v) is 1.43. The van der Waals surface area contributed by atoms with E-state index < -0.39 is 23.9 Å². The highest BCUT2D eigenvalue weighted by Crippen LogP contribution is 2.15. The molecule has 19 heavy (non-hydrogen) atoms. The lowest BCUT2D eigenvalue weighted by atomic mass is 10.2. The van der Waals surface area contributed by atoms with Crippen molar-refractivity contribution in [3.05, 3.63) is 29.6 Å². The summed E-state index contributed by atoms with van der Waals surface area (Å²) >= 11 is 0. The molecule has 0 fully saturated rings. The summed E-state index contributed by atoms with van der Waals surface area (Å²) in [6, 6.07) is 1.92. The molecule has 0 radical (unpaired) electrons. The zero-order chi connectivity index (χ0) is 14.4. The maximum atomic E-state index is 13.0. The molecule has 0 heterocycles. The molecule has 1 atom stereocenters. The largest absolute Gasteiger partial charge is 0.480 e. The molecule has 2 amide bonds. The van der Waals surface area contributed by atoms with Gasteiger partial charge in [-0.3, -0.25) is 0 Å². The van der Waals surface area contributed by atoms with Crippen LogP contribution in [-0.4, -0.2) is 34.9 Å². The van der Waals surface area contributed by atoms with Crippen LogP contribution in [0.15, 0.2) is 18.2 Å². The normalized spacial score (nSPS) is 11.7. The van der Waals surface area contributed by atoms with Crippen LogP contribution >= 0.6 is 0 Å². The van der Waals surface area contributed by atoms with E-state index in [2.05, 4.69) is 10.6 Å². The smallest absolute Gasteiger partial charge is 0.326 e. The number of carbonyl (C=O) groups excluding carboxylic acids is 1. The van der Waals surface area contributed by atoms with E-state index in [1.165, 1.54) is 12.1 Å². The summed E-state index contributed by atoms with van der Waals surface area (Å²) in [4.78, 5) is 22.4.